The summed E-state index contributed by atoms with van der Waals surface area (Å²) in [6.07, 6.45) is -1.37. The normalized spacial score (nSPS) is 26.4. The van der Waals surface area contributed by atoms with Gasteiger partial charge in [-0.05, 0) is 12.8 Å². The van der Waals surface area contributed by atoms with E-state index in [1.165, 1.54) is 0 Å². The second-order valence-electron chi connectivity index (χ2n) is 2.34. The topological polar surface area (TPSA) is 23.6 Å². The zero-order chi connectivity index (χ0) is 8.43. The fourth-order valence-corrected chi connectivity index (χ4v) is 0.996. The van der Waals surface area contributed by atoms with Crippen LogP contribution < -0.4 is 0 Å². The molecule has 0 aromatic heterocycles. The van der Waals surface area contributed by atoms with Gasteiger partial charge in [-0.2, -0.15) is 5.12 Å². The summed E-state index contributed by atoms with van der Waals surface area (Å²) in [7, 11) is 0. The van der Waals surface area contributed by atoms with Gasteiger partial charge >= 0.3 is 0 Å². The van der Waals surface area contributed by atoms with Crippen molar-refractivity contribution in [2.75, 3.05) is 0 Å². The molecule has 6 heteroatoms. The Morgan fingerprint density at radius 2 is 2.18 bits per heavy atom. The maximum absolute atomic E-state index is 12.5. The second-order valence-corrected chi connectivity index (χ2v) is 2.34. The second kappa shape index (κ2) is 3.08. The maximum Gasteiger partial charge on any atom is 0.251 e. The number of hydrogen-bond donors (Lipinski definition) is 0. The van der Waals surface area contributed by atoms with Crippen molar-refractivity contribution in [3.63, 3.8) is 0 Å². The number of halogens is 3. The zero-order valence-electron chi connectivity index (χ0n) is 5.64. The quantitative estimate of drug-likeness (QED) is 0.550. The van der Waals surface area contributed by atoms with E-state index in [1.54, 1.807) is 0 Å². The van der Waals surface area contributed by atoms with E-state index < -0.39 is 22.5 Å². The lowest BCUT2D eigenvalue weighted by molar-refractivity contribution is -0.262. The SMILES string of the molecule is O=C1CCCC(N(F)F)N1F. The van der Waals surface area contributed by atoms with Crippen molar-refractivity contribution < 1.29 is 18.2 Å². The Labute approximate surface area is 61.2 Å². The average molecular weight is 168 g/mol. The Morgan fingerprint density at radius 1 is 1.55 bits per heavy atom. The molecule has 0 aromatic rings. The van der Waals surface area contributed by atoms with Crippen LogP contribution in [0, 0.1) is 0 Å². The molecule has 0 aliphatic carbocycles. The van der Waals surface area contributed by atoms with Gasteiger partial charge in [-0.3, -0.25) is 4.79 Å². The number of hydrogen-bond acceptors (Lipinski definition) is 2. The highest BCUT2D eigenvalue weighted by Crippen LogP contribution is 2.21. The minimum Gasteiger partial charge on any atom is -0.272 e. The van der Waals surface area contributed by atoms with Crippen LogP contribution in [0.3, 0.4) is 0 Å². The molecule has 1 atom stereocenters. The predicted molar refractivity (Wildman–Crippen MR) is 29.6 cm³/mol. The summed E-state index contributed by atoms with van der Waals surface area (Å²) in [6.45, 7) is 0. The van der Waals surface area contributed by atoms with E-state index >= 15 is 0 Å². The monoisotopic (exact) mass is 168 g/mol. The van der Waals surface area contributed by atoms with Gasteiger partial charge in [0.2, 0.25) is 0 Å². The molecule has 3 nitrogen and oxygen atoms in total. The van der Waals surface area contributed by atoms with E-state index in [0.717, 1.165) is 0 Å². The van der Waals surface area contributed by atoms with Crippen molar-refractivity contribution in [2.24, 2.45) is 0 Å². The standard InChI is InChI=1S/C5H7F3N2O/c6-9-4(10(7)8)2-1-3-5(9)11/h4H,1-3H2. The van der Waals surface area contributed by atoms with Crippen LogP contribution in [0.5, 0.6) is 0 Å². The van der Waals surface area contributed by atoms with Gasteiger partial charge in [0, 0.05) is 11.8 Å². The Morgan fingerprint density at radius 3 is 2.64 bits per heavy atom. The third-order valence-electron chi connectivity index (χ3n) is 1.58. The summed E-state index contributed by atoms with van der Waals surface area (Å²) >= 11 is 0. The molecule has 0 spiro atoms. The van der Waals surface area contributed by atoms with Crippen molar-refractivity contribution in [1.29, 1.82) is 0 Å². The van der Waals surface area contributed by atoms with E-state index in [9.17, 15) is 18.2 Å². The molecule has 1 amide bonds. The third kappa shape index (κ3) is 1.62. The fraction of sp³-hybridized carbons (Fsp3) is 0.800. The van der Waals surface area contributed by atoms with E-state index in [0.29, 0.717) is 6.42 Å². The van der Waals surface area contributed by atoms with Crippen LogP contribution in [-0.4, -0.2) is 22.5 Å². The first kappa shape index (κ1) is 8.32. The van der Waals surface area contributed by atoms with Gasteiger partial charge in [0.1, 0.15) is 0 Å². The molecular weight excluding hydrogens is 161 g/mol. The molecule has 64 valence electrons. The summed E-state index contributed by atoms with van der Waals surface area (Å²) in [5.74, 6) is -0.874. The molecular formula is C5H7F3N2O. The first-order chi connectivity index (χ1) is 5.13. The van der Waals surface area contributed by atoms with Crippen molar-refractivity contribution in [3.8, 4) is 0 Å². The number of rotatable bonds is 1. The van der Waals surface area contributed by atoms with Crippen LogP contribution in [0.2, 0.25) is 0 Å². The molecule has 0 N–H and O–H groups in total. The molecule has 0 bridgehead atoms. The first-order valence-corrected chi connectivity index (χ1v) is 3.21. The molecule has 1 heterocycles. The van der Waals surface area contributed by atoms with Gasteiger partial charge in [0.15, 0.2) is 6.17 Å². The lowest BCUT2D eigenvalue weighted by atomic mass is 10.1. The minimum absolute atomic E-state index is 0.0147. The highest BCUT2D eigenvalue weighted by molar-refractivity contribution is 5.75. The first-order valence-electron chi connectivity index (χ1n) is 3.21. The number of amides is 1. The van der Waals surface area contributed by atoms with Gasteiger partial charge in [0.25, 0.3) is 5.91 Å². The molecule has 0 saturated carbocycles. The molecule has 1 saturated heterocycles. The van der Waals surface area contributed by atoms with Crippen LogP contribution in [0.15, 0.2) is 0 Å². The van der Waals surface area contributed by atoms with Gasteiger partial charge in [-0.25, -0.2) is 0 Å². The van der Waals surface area contributed by atoms with Crippen LogP contribution in [0.4, 0.5) is 13.4 Å². The molecule has 0 aromatic carbocycles. The molecule has 0 radical (unpaired) electrons. The summed E-state index contributed by atoms with van der Waals surface area (Å²) in [5.41, 5.74) is 0. The van der Waals surface area contributed by atoms with E-state index in [-0.39, 0.29) is 12.8 Å². The molecule has 1 aliphatic heterocycles. The third-order valence-corrected chi connectivity index (χ3v) is 1.58. The number of carbonyl (C=O) groups is 1. The van der Waals surface area contributed by atoms with Gasteiger partial charge in [0.05, 0.1) is 0 Å². The highest BCUT2D eigenvalue weighted by atomic mass is 19.4. The van der Waals surface area contributed by atoms with Crippen molar-refractivity contribution in [1.82, 2.24) is 10.5 Å². The largest absolute Gasteiger partial charge is 0.272 e. The van der Waals surface area contributed by atoms with Crippen LogP contribution in [-0.2, 0) is 4.79 Å². The Hall–Kier alpha value is -0.780. The predicted octanol–water partition coefficient (Wildman–Crippen LogP) is 1.28. The molecule has 1 aliphatic rings. The van der Waals surface area contributed by atoms with Crippen LogP contribution in [0.25, 0.3) is 0 Å². The van der Waals surface area contributed by atoms with Gasteiger partial charge in [-0.15, -0.1) is 0 Å². The Balaban J connectivity index is 2.58. The molecule has 11 heavy (non-hydrogen) atoms. The van der Waals surface area contributed by atoms with E-state index in [2.05, 4.69) is 0 Å². The van der Waals surface area contributed by atoms with Gasteiger partial charge in [-0.1, -0.05) is 13.4 Å². The number of nitrogens with zero attached hydrogens (tertiary/aromatic N) is 2. The van der Waals surface area contributed by atoms with Crippen molar-refractivity contribution in [2.45, 2.75) is 25.4 Å². The maximum atomic E-state index is 12.5. The van der Waals surface area contributed by atoms with E-state index in [1.807, 2.05) is 0 Å². The lowest BCUT2D eigenvalue weighted by Gasteiger charge is -2.26. The highest BCUT2D eigenvalue weighted by Gasteiger charge is 2.34. The number of piperidine rings is 1. The summed E-state index contributed by atoms with van der Waals surface area (Å²) < 4.78 is 35.9. The van der Waals surface area contributed by atoms with Crippen molar-refractivity contribution in [3.05, 3.63) is 0 Å². The van der Waals surface area contributed by atoms with Crippen LogP contribution in [0.1, 0.15) is 19.3 Å². The summed E-state index contributed by atoms with van der Waals surface area (Å²) in [6, 6.07) is 0. The zero-order valence-corrected chi connectivity index (χ0v) is 5.64. The molecule has 1 fully saturated rings. The fourth-order valence-electron chi connectivity index (χ4n) is 0.996. The Kier molecular flexibility index (Phi) is 2.33. The molecule has 1 unspecified atom stereocenters. The number of carbonyl (C=O) groups excluding carboxylic acids is 1. The Bertz CT molecular complexity index is 164. The smallest absolute Gasteiger partial charge is 0.251 e. The minimum atomic E-state index is -1.68. The summed E-state index contributed by atoms with van der Waals surface area (Å²) in [5, 5.41) is -1.69. The summed E-state index contributed by atoms with van der Waals surface area (Å²) in [4.78, 5) is 10.5. The van der Waals surface area contributed by atoms with E-state index in [4.69, 9.17) is 0 Å². The van der Waals surface area contributed by atoms with Gasteiger partial charge < -0.3 is 0 Å². The van der Waals surface area contributed by atoms with Crippen LogP contribution >= 0.6 is 0 Å². The van der Waals surface area contributed by atoms with Crippen molar-refractivity contribution >= 4 is 5.91 Å². The molecule has 1 rings (SSSR count). The average Bonchev–Trinajstić information content (AvgIpc) is 1.94. The lowest BCUT2D eigenvalue weighted by Crippen LogP contribution is -2.43.